The largest absolute Gasteiger partial charge is 0.507 e. The first-order valence-electron chi connectivity index (χ1n) is 9.54. The summed E-state index contributed by atoms with van der Waals surface area (Å²) in [5.41, 5.74) is 5.74. The average molecular weight is 428 g/mol. The molecule has 4 N–H and O–H groups in total. The van der Waals surface area contributed by atoms with Crippen LogP contribution in [0.5, 0.6) is 11.5 Å². The second kappa shape index (κ2) is 10.9. The van der Waals surface area contributed by atoms with Crippen molar-refractivity contribution >= 4 is 30.3 Å². The number of benzene rings is 3. The lowest BCUT2D eigenvalue weighted by Gasteiger charge is -2.06. The van der Waals surface area contributed by atoms with Crippen LogP contribution in [0.3, 0.4) is 0 Å². The zero-order valence-corrected chi connectivity index (χ0v) is 16.8. The molecule has 8 nitrogen and oxygen atoms in total. The summed E-state index contributed by atoms with van der Waals surface area (Å²) in [6.07, 6.45) is 3.93. The quantitative estimate of drug-likeness (QED) is 0.152. The molecule has 0 heterocycles. The Balaban J connectivity index is 1.76. The predicted molar refractivity (Wildman–Crippen MR) is 122 cm³/mol. The number of hydrogen-bond acceptors (Lipinski definition) is 6. The topological polar surface area (TPSA) is 123 Å². The second-order valence-corrected chi connectivity index (χ2v) is 6.48. The Hall–Kier alpha value is -4.72. The Morgan fingerprint density at radius 3 is 1.56 bits per heavy atom. The lowest BCUT2D eigenvalue weighted by Crippen LogP contribution is -2.30. The standard InChI is InChI=1S/C24H20N4O4/c29-21-12-6-4-10-18(21)15-25-27-23(31)20(14-17-8-2-1-3-9-17)24(32)28-26-16-19-11-5-7-13-22(19)30/h1-16,29-30H,(H,27,31)(H,28,32)/b25-15+,26-16+. The number of hydrogen-bond donors (Lipinski definition) is 4. The molecule has 0 aliphatic carbocycles. The highest BCUT2D eigenvalue weighted by molar-refractivity contribution is 6.21. The Labute approximate surface area is 184 Å². The van der Waals surface area contributed by atoms with Crippen molar-refractivity contribution in [1.82, 2.24) is 10.9 Å². The fourth-order valence-electron chi connectivity index (χ4n) is 2.58. The van der Waals surface area contributed by atoms with Gasteiger partial charge in [0.15, 0.2) is 0 Å². The Morgan fingerprint density at radius 1 is 0.656 bits per heavy atom. The van der Waals surface area contributed by atoms with Crippen LogP contribution in [-0.4, -0.2) is 34.5 Å². The summed E-state index contributed by atoms with van der Waals surface area (Å²) < 4.78 is 0. The number of aromatic hydroxyl groups is 2. The molecule has 3 aromatic rings. The second-order valence-electron chi connectivity index (χ2n) is 6.48. The van der Waals surface area contributed by atoms with Crippen molar-refractivity contribution in [3.8, 4) is 11.5 Å². The maximum absolute atomic E-state index is 12.6. The molecule has 0 aliphatic rings. The molecule has 0 spiro atoms. The number of phenols is 2. The number of phenolic OH excluding ortho intramolecular Hbond substituents is 2. The molecule has 2 amide bonds. The van der Waals surface area contributed by atoms with Crippen LogP contribution in [0.25, 0.3) is 6.08 Å². The van der Waals surface area contributed by atoms with Crippen LogP contribution in [-0.2, 0) is 9.59 Å². The summed E-state index contributed by atoms with van der Waals surface area (Å²) in [6.45, 7) is 0. The molecule has 0 fully saturated rings. The van der Waals surface area contributed by atoms with Gasteiger partial charge in [-0.05, 0) is 35.9 Å². The minimum Gasteiger partial charge on any atom is -0.507 e. The number of rotatable bonds is 7. The van der Waals surface area contributed by atoms with E-state index in [4.69, 9.17) is 0 Å². The van der Waals surface area contributed by atoms with Crippen molar-refractivity contribution in [2.24, 2.45) is 10.2 Å². The molecule has 32 heavy (non-hydrogen) atoms. The summed E-state index contributed by atoms with van der Waals surface area (Å²) in [5, 5.41) is 27.2. The lowest BCUT2D eigenvalue weighted by molar-refractivity contribution is -0.123. The van der Waals surface area contributed by atoms with E-state index in [-0.39, 0.29) is 17.1 Å². The van der Waals surface area contributed by atoms with Crippen molar-refractivity contribution in [3.05, 3.63) is 101 Å². The van der Waals surface area contributed by atoms with E-state index in [2.05, 4.69) is 21.1 Å². The first-order chi connectivity index (χ1) is 15.5. The van der Waals surface area contributed by atoms with E-state index in [0.717, 1.165) is 0 Å². The molecule has 0 atom stereocenters. The van der Waals surface area contributed by atoms with Gasteiger partial charge in [0.25, 0.3) is 11.8 Å². The minimum atomic E-state index is -0.768. The molecule has 0 saturated heterocycles. The smallest absolute Gasteiger partial charge is 0.277 e. The highest BCUT2D eigenvalue weighted by Gasteiger charge is 2.18. The summed E-state index contributed by atoms with van der Waals surface area (Å²) in [7, 11) is 0. The fraction of sp³-hybridized carbons (Fsp3) is 0. The average Bonchev–Trinajstić information content (AvgIpc) is 2.80. The van der Waals surface area contributed by atoms with Gasteiger partial charge in [0.05, 0.1) is 12.4 Å². The van der Waals surface area contributed by atoms with Crippen LogP contribution in [0, 0.1) is 0 Å². The van der Waals surface area contributed by atoms with Gasteiger partial charge < -0.3 is 10.2 Å². The number of nitrogens with zero attached hydrogens (tertiary/aromatic N) is 2. The highest BCUT2D eigenvalue weighted by Crippen LogP contribution is 2.13. The van der Waals surface area contributed by atoms with Gasteiger partial charge in [-0.2, -0.15) is 10.2 Å². The third-order valence-corrected chi connectivity index (χ3v) is 4.21. The first-order valence-corrected chi connectivity index (χ1v) is 9.54. The van der Waals surface area contributed by atoms with Crippen LogP contribution in [0.15, 0.2) is 94.6 Å². The van der Waals surface area contributed by atoms with Crippen LogP contribution in [0.4, 0.5) is 0 Å². The van der Waals surface area contributed by atoms with Gasteiger partial charge in [-0.25, -0.2) is 10.9 Å². The maximum atomic E-state index is 12.6. The molecule has 0 aromatic heterocycles. The van der Waals surface area contributed by atoms with Gasteiger partial charge in [0.1, 0.15) is 17.1 Å². The zero-order chi connectivity index (χ0) is 22.8. The molecule has 0 aliphatic heterocycles. The minimum absolute atomic E-state index is 0.00166. The number of hydrazone groups is 2. The molecule has 8 heteroatoms. The van der Waals surface area contributed by atoms with E-state index >= 15 is 0 Å². The van der Waals surface area contributed by atoms with Gasteiger partial charge in [-0.1, -0.05) is 54.6 Å². The van der Waals surface area contributed by atoms with Gasteiger partial charge in [-0.3, -0.25) is 9.59 Å². The van der Waals surface area contributed by atoms with Crippen LogP contribution >= 0.6 is 0 Å². The monoisotopic (exact) mass is 428 g/mol. The van der Waals surface area contributed by atoms with Crippen molar-refractivity contribution < 1.29 is 19.8 Å². The number of carbonyl (C=O) groups is 2. The van der Waals surface area contributed by atoms with Crippen LogP contribution < -0.4 is 10.9 Å². The summed E-state index contributed by atoms with van der Waals surface area (Å²) in [6, 6.07) is 21.8. The third-order valence-electron chi connectivity index (χ3n) is 4.21. The van der Waals surface area contributed by atoms with Crippen LogP contribution in [0.2, 0.25) is 0 Å². The number of amides is 2. The summed E-state index contributed by atoms with van der Waals surface area (Å²) >= 11 is 0. The molecular formula is C24H20N4O4. The lowest BCUT2D eigenvalue weighted by atomic mass is 10.1. The van der Waals surface area contributed by atoms with Crippen molar-refractivity contribution in [2.45, 2.75) is 0 Å². The van der Waals surface area contributed by atoms with Gasteiger partial charge in [-0.15, -0.1) is 0 Å². The van der Waals surface area contributed by atoms with Crippen LogP contribution in [0.1, 0.15) is 16.7 Å². The summed E-state index contributed by atoms with van der Waals surface area (Å²) in [4.78, 5) is 25.3. The maximum Gasteiger partial charge on any atom is 0.277 e. The fourth-order valence-corrected chi connectivity index (χ4v) is 2.58. The number of carbonyl (C=O) groups excluding carboxylic acids is 2. The zero-order valence-electron chi connectivity index (χ0n) is 16.8. The highest BCUT2D eigenvalue weighted by atomic mass is 16.3. The van der Waals surface area contributed by atoms with E-state index < -0.39 is 11.8 Å². The molecule has 0 bridgehead atoms. The first kappa shape index (κ1) is 22.0. The van der Waals surface area contributed by atoms with E-state index in [0.29, 0.717) is 16.7 Å². The Morgan fingerprint density at radius 2 is 1.09 bits per heavy atom. The van der Waals surface area contributed by atoms with Gasteiger partial charge in [0.2, 0.25) is 0 Å². The van der Waals surface area contributed by atoms with E-state index in [9.17, 15) is 19.8 Å². The SMILES string of the molecule is O=C(N/N=C/c1ccccc1O)C(=Cc1ccccc1)C(=O)N/N=C/c1ccccc1O. The molecule has 3 rings (SSSR count). The molecule has 3 aromatic carbocycles. The van der Waals surface area contributed by atoms with Crippen molar-refractivity contribution in [2.75, 3.05) is 0 Å². The van der Waals surface area contributed by atoms with Gasteiger partial charge >= 0.3 is 0 Å². The van der Waals surface area contributed by atoms with E-state index in [1.54, 1.807) is 60.7 Å². The third kappa shape index (κ3) is 6.14. The molecule has 160 valence electrons. The Kier molecular flexibility index (Phi) is 7.48. The molecule has 0 saturated carbocycles. The van der Waals surface area contributed by atoms with E-state index in [1.807, 2.05) is 6.07 Å². The number of nitrogens with one attached hydrogen (secondary N) is 2. The van der Waals surface area contributed by atoms with Crippen molar-refractivity contribution in [1.29, 1.82) is 0 Å². The van der Waals surface area contributed by atoms with Crippen molar-refractivity contribution in [3.63, 3.8) is 0 Å². The molecular weight excluding hydrogens is 408 g/mol. The summed E-state index contributed by atoms with van der Waals surface area (Å²) in [5.74, 6) is -1.53. The molecule has 0 unspecified atom stereocenters. The van der Waals surface area contributed by atoms with Gasteiger partial charge in [0, 0.05) is 11.1 Å². The predicted octanol–water partition coefficient (Wildman–Crippen LogP) is 2.78. The normalized spacial score (nSPS) is 10.8. The molecule has 0 radical (unpaired) electrons. The number of para-hydroxylation sites is 2. The Bertz CT molecular complexity index is 1120. The van der Waals surface area contributed by atoms with E-state index in [1.165, 1.54) is 30.6 Å².